The zero-order valence-electron chi connectivity index (χ0n) is 11.4. The standard InChI is InChI=1S/C13H28N2O/c1-12(7-5-9-14-3)15-10-6-8-13(2,11-15)16-4/h12,14H,5-11H2,1-4H3. The van der Waals surface area contributed by atoms with Gasteiger partial charge in [-0.2, -0.15) is 0 Å². The number of nitrogens with zero attached hydrogens (tertiary/aromatic N) is 1. The number of hydrogen-bond donors (Lipinski definition) is 1. The molecule has 16 heavy (non-hydrogen) atoms. The average Bonchev–Trinajstić information content (AvgIpc) is 2.29. The third-order valence-corrected chi connectivity index (χ3v) is 3.85. The molecule has 96 valence electrons. The van der Waals surface area contributed by atoms with Crippen molar-refractivity contribution in [1.82, 2.24) is 10.2 Å². The zero-order chi connectivity index (χ0) is 12.0. The molecule has 2 atom stereocenters. The van der Waals surface area contributed by atoms with E-state index < -0.39 is 0 Å². The van der Waals surface area contributed by atoms with Crippen molar-refractivity contribution in [2.45, 2.75) is 51.2 Å². The van der Waals surface area contributed by atoms with Gasteiger partial charge < -0.3 is 10.1 Å². The topological polar surface area (TPSA) is 24.5 Å². The maximum atomic E-state index is 5.63. The first kappa shape index (κ1) is 13.9. The molecule has 0 aromatic heterocycles. The molecule has 0 aliphatic carbocycles. The van der Waals surface area contributed by atoms with Crippen molar-refractivity contribution >= 4 is 0 Å². The predicted molar refractivity (Wildman–Crippen MR) is 68.8 cm³/mol. The molecular formula is C13H28N2O. The minimum atomic E-state index is 0.0789. The van der Waals surface area contributed by atoms with Crippen LogP contribution in [0.1, 0.15) is 39.5 Å². The van der Waals surface area contributed by atoms with Gasteiger partial charge in [-0.1, -0.05) is 0 Å². The summed E-state index contributed by atoms with van der Waals surface area (Å²) in [4.78, 5) is 2.59. The second-order valence-corrected chi connectivity index (χ2v) is 5.32. The van der Waals surface area contributed by atoms with Crippen LogP contribution in [0.15, 0.2) is 0 Å². The van der Waals surface area contributed by atoms with Gasteiger partial charge in [-0.25, -0.2) is 0 Å². The van der Waals surface area contributed by atoms with Gasteiger partial charge in [0.05, 0.1) is 5.60 Å². The molecule has 0 radical (unpaired) electrons. The molecule has 3 heteroatoms. The summed E-state index contributed by atoms with van der Waals surface area (Å²) in [7, 11) is 3.86. The number of rotatable bonds is 6. The van der Waals surface area contributed by atoms with Crippen LogP contribution in [0.3, 0.4) is 0 Å². The minimum Gasteiger partial charge on any atom is -0.377 e. The second-order valence-electron chi connectivity index (χ2n) is 5.32. The molecule has 1 fully saturated rings. The van der Waals surface area contributed by atoms with E-state index in [4.69, 9.17) is 4.74 Å². The third-order valence-electron chi connectivity index (χ3n) is 3.85. The smallest absolute Gasteiger partial charge is 0.0777 e. The quantitative estimate of drug-likeness (QED) is 0.703. The molecule has 0 spiro atoms. The Balaban J connectivity index is 2.35. The largest absolute Gasteiger partial charge is 0.377 e. The van der Waals surface area contributed by atoms with E-state index in [1.165, 1.54) is 32.2 Å². The predicted octanol–water partition coefficient (Wildman–Crippen LogP) is 1.88. The summed E-state index contributed by atoms with van der Waals surface area (Å²) in [6, 6.07) is 0.683. The summed E-state index contributed by atoms with van der Waals surface area (Å²) >= 11 is 0. The number of likely N-dealkylation sites (tertiary alicyclic amines) is 1. The first-order chi connectivity index (χ1) is 7.61. The van der Waals surface area contributed by atoms with E-state index in [9.17, 15) is 0 Å². The Bertz CT molecular complexity index is 198. The number of methoxy groups -OCH3 is 1. The fourth-order valence-electron chi connectivity index (χ4n) is 2.54. The molecule has 0 bridgehead atoms. The lowest BCUT2D eigenvalue weighted by molar-refractivity contribution is -0.0603. The highest BCUT2D eigenvalue weighted by Crippen LogP contribution is 2.25. The molecule has 0 aromatic rings. The average molecular weight is 228 g/mol. The van der Waals surface area contributed by atoms with Gasteiger partial charge in [-0.15, -0.1) is 0 Å². The van der Waals surface area contributed by atoms with Gasteiger partial charge in [0.25, 0.3) is 0 Å². The lowest BCUT2D eigenvalue weighted by Crippen LogP contribution is -2.50. The van der Waals surface area contributed by atoms with E-state index >= 15 is 0 Å². The SMILES string of the molecule is CNCCCC(C)N1CCCC(C)(OC)C1. The van der Waals surface area contributed by atoms with Crippen molar-refractivity contribution < 1.29 is 4.74 Å². The zero-order valence-corrected chi connectivity index (χ0v) is 11.4. The molecule has 1 rings (SSSR count). The van der Waals surface area contributed by atoms with Crippen molar-refractivity contribution in [1.29, 1.82) is 0 Å². The molecule has 2 unspecified atom stereocenters. The van der Waals surface area contributed by atoms with Crippen molar-refractivity contribution in [3.8, 4) is 0 Å². The number of piperidine rings is 1. The summed E-state index contributed by atoms with van der Waals surface area (Å²) in [5.41, 5.74) is 0.0789. The van der Waals surface area contributed by atoms with E-state index in [0.29, 0.717) is 6.04 Å². The Hall–Kier alpha value is -0.120. The Kier molecular flexibility index (Phi) is 5.73. The maximum Gasteiger partial charge on any atom is 0.0777 e. The van der Waals surface area contributed by atoms with E-state index in [1.807, 2.05) is 14.2 Å². The van der Waals surface area contributed by atoms with Crippen LogP contribution in [0.2, 0.25) is 0 Å². The monoisotopic (exact) mass is 228 g/mol. The summed E-state index contributed by atoms with van der Waals surface area (Å²) < 4.78 is 5.63. The van der Waals surface area contributed by atoms with E-state index in [2.05, 4.69) is 24.1 Å². The van der Waals surface area contributed by atoms with Crippen LogP contribution in [0.4, 0.5) is 0 Å². The van der Waals surface area contributed by atoms with Crippen LogP contribution >= 0.6 is 0 Å². The van der Waals surface area contributed by atoms with Gasteiger partial charge >= 0.3 is 0 Å². The second kappa shape index (κ2) is 6.58. The highest BCUT2D eigenvalue weighted by Gasteiger charge is 2.32. The molecule has 3 nitrogen and oxygen atoms in total. The number of nitrogens with one attached hydrogen (secondary N) is 1. The summed E-state index contributed by atoms with van der Waals surface area (Å²) in [6.07, 6.45) is 5.00. The van der Waals surface area contributed by atoms with Crippen LogP contribution in [0, 0.1) is 0 Å². The number of ether oxygens (including phenoxy) is 1. The maximum absolute atomic E-state index is 5.63. The van der Waals surface area contributed by atoms with Crippen LogP contribution in [0.25, 0.3) is 0 Å². The van der Waals surface area contributed by atoms with Crippen LogP contribution < -0.4 is 5.32 Å². The molecule has 1 saturated heterocycles. The Morgan fingerprint density at radius 2 is 2.25 bits per heavy atom. The summed E-state index contributed by atoms with van der Waals surface area (Å²) in [5, 5.41) is 3.21. The van der Waals surface area contributed by atoms with Gasteiger partial charge in [0, 0.05) is 19.7 Å². The van der Waals surface area contributed by atoms with Gasteiger partial charge in [-0.3, -0.25) is 4.90 Å². The normalized spacial score (nSPS) is 29.2. The Morgan fingerprint density at radius 1 is 1.50 bits per heavy atom. The summed E-state index contributed by atoms with van der Waals surface area (Å²) in [5.74, 6) is 0. The first-order valence-electron chi connectivity index (χ1n) is 6.55. The van der Waals surface area contributed by atoms with E-state index in [0.717, 1.165) is 13.1 Å². The molecular weight excluding hydrogens is 200 g/mol. The van der Waals surface area contributed by atoms with E-state index in [-0.39, 0.29) is 5.60 Å². The van der Waals surface area contributed by atoms with Crippen molar-refractivity contribution in [2.24, 2.45) is 0 Å². The highest BCUT2D eigenvalue weighted by atomic mass is 16.5. The van der Waals surface area contributed by atoms with Gasteiger partial charge in [-0.05, 0) is 59.7 Å². The first-order valence-corrected chi connectivity index (χ1v) is 6.55. The molecule has 1 aliphatic rings. The van der Waals surface area contributed by atoms with Crippen LogP contribution in [0.5, 0.6) is 0 Å². The van der Waals surface area contributed by atoms with Crippen molar-refractivity contribution in [2.75, 3.05) is 33.8 Å². The van der Waals surface area contributed by atoms with Gasteiger partial charge in [0.15, 0.2) is 0 Å². The molecule has 0 saturated carbocycles. The molecule has 1 N–H and O–H groups in total. The third kappa shape index (κ3) is 4.04. The Morgan fingerprint density at radius 3 is 2.88 bits per heavy atom. The van der Waals surface area contributed by atoms with Gasteiger partial charge in [0.1, 0.15) is 0 Å². The molecule has 1 heterocycles. The number of hydrogen-bond acceptors (Lipinski definition) is 3. The molecule has 0 aromatic carbocycles. The van der Waals surface area contributed by atoms with Gasteiger partial charge in [0.2, 0.25) is 0 Å². The summed E-state index contributed by atoms with van der Waals surface area (Å²) in [6.45, 7) is 8.03. The fraction of sp³-hybridized carbons (Fsp3) is 1.00. The fourth-order valence-corrected chi connectivity index (χ4v) is 2.54. The molecule has 0 amide bonds. The van der Waals surface area contributed by atoms with Crippen molar-refractivity contribution in [3.05, 3.63) is 0 Å². The highest BCUT2D eigenvalue weighted by molar-refractivity contribution is 4.86. The van der Waals surface area contributed by atoms with Crippen molar-refractivity contribution in [3.63, 3.8) is 0 Å². The molecule has 1 aliphatic heterocycles. The minimum absolute atomic E-state index is 0.0789. The lowest BCUT2D eigenvalue weighted by Gasteiger charge is -2.42. The Labute approximate surface area is 101 Å². The van der Waals surface area contributed by atoms with E-state index in [1.54, 1.807) is 0 Å². The lowest BCUT2D eigenvalue weighted by atomic mass is 9.93. The van der Waals surface area contributed by atoms with Crippen LogP contribution in [-0.4, -0.2) is 50.3 Å². The van der Waals surface area contributed by atoms with Crippen LogP contribution in [-0.2, 0) is 4.74 Å².